The van der Waals surface area contributed by atoms with Crippen molar-refractivity contribution in [2.75, 3.05) is 5.73 Å². The number of hydrogen-bond acceptors (Lipinski definition) is 4. The Morgan fingerprint density at radius 3 is 2.52 bits per heavy atom. The number of halogens is 1. The summed E-state index contributed by atoms with van der Waals surface area (Å²) in [4.78, 5) is 0. The number of anilines is 1. The molecule has 0 aliphatic heterocycles. The van der Waals surface area contributed by atoms with E-state index in [1.807, 2.05) is 48.5 Å². The van der Waals surface area contributed by atoms with Gasteiger partial charge in [-0.05, 0) is 23.3 Å². The second-order valence-corrected chi connectivity index (χ2v) is 6.98. The average Bonchev–Trinajstić information content (AvgIpc) is 3.13. The fourth-order valence-electron chi connectivity index (χ4n) is 3.42. The predicted molar refractivity (Wildman–Crippen MR) is 98.6 cm³/mol. The molecule has 0 saturated heterocycles. The lowest BCUT2D eigenvalue weighted by atomic mass is 10.1. The van der Waals surface area contributed by atoms with Gasteiger partial charge >= 0.3 is 0 Å². The molecule has 0 amide bonds. The first-order valence-corrected chi connectivity index (χ1v) is 8.70. The molecule has 25 heavy (non-hydrogen) atoms. The van der Waals surface area contributed by atoms with Crippen molar-refractivity contribution in [3.05, 3.63) is 69.7 Å². The molecule has 1 aliphatic carbocycles. The first kappa shape index (κ1) is 15.9. The number of aliphatic hydroxyl groups is 1. The predicted octanol–water partition coefficient (Wildman–Crippen LogP) is 3.79. The summed E-state index contributed by atoms with van der Waals surface area (Å²) in [5, 5.41) is 24.5. The molecule has 5 nitrogen and oxygen atoms in total. The van der Waals surface area contributed by atoms with Gasteiger partial charge in [0.15, 0.2) is 0 Å². The van der Waals surface area contributed by atoms with Crippen LogP contribution in [-0.4, -0.2) is 14.9 Å². The number of aromatic nitrogens is 2. The summed E-state index contributed by atoms with van der Waals surface area (Å²) in [6, 6.07) is 17.3. The molecule has 2 unspecified atom stereocenters. The van der Waals surface area contributed by atoms with Gasteiger partial charge in [-0.2, -0.15) is 10.4 Å². The first-order valence-electron chi connectivity index (χ1n) is 7.91. The highest BCUT2D eigenvalue weighted by Crippen LogP contribution is 2.43. The normalized spacial score (nSPS) is 18.8. The molecule has 0 radical (unpaired) electrons. The Bertz CT molecular complexity index is 988. The highest BCUT2D eigenvalue weighted by molar-refractivity contribution is 9.10. The van der Waals surface area contributed by atoms with Gasteiger partial charge in [0.2, 0.25) is 0 Å². The molecular formula is C19H15BrN4O. The van der Waals surface area contributed by atoms with Crippen molar-refractivity contribution in [2.45, 2.75) is 18.6 Å². The topological polar surface area (TPSA) is 87.9 Å². The Balaban J connectivity index is 1.85. The van der Waals surface area contributed by atoms with Crippen LogP contribution in [0.1, 0.15) is 35.3 Å². The summed E-state index contributed by atoms with van der Waals surface area (Å²) in [5.41, 5.74) is 9.90. The monoisotopic (exact) mass is 394 g/mol. The van der Waals surface area contributed by atoms with Crippen molar-refractivity contribution in [3.8, 4) is 17.3 Å². The van der Waals surface area contributed by atoms with Gasteiger partial charge in [-0.15, -0.1) is 0 Å². The van der Waals surface area contributed by atoms with Gasteiger partial charge in [0.05, 0.1) is 12.1 Å². The fraction of sp³-hybridized carbons (Fsp3) is 0.158. The van der Waals surface area contributed by atoms with Gasteiger partial charge in [0.25, 0.3) is 0 Å². The van der Waals surface area contributed by atoms with Crippen LogP contribution in [0.2, 0.25) is 0 Å². The van der Waals surface area contributed by atoms with Crippen molar-refractivity contribution < 1.29 is 5.11 Å². The van der Waals surface area contributed by atoms with E-state index < -0.39 is 6.10 Å². The molecule has 4 rings (SSSR count). The summed E-state index contributed by atoms with van der Waals surface area (Å²) in [5.74, 6) is 0.328. The third-order valence-electron chi connectivity index (χ3n) is 4.63. The van der Waals surface area contributed by atoms with Gasteiger partial charge in [-0.1, -0.05) is 52.3 Å². The number of nitriles is 1. The van der Waals surface area contributed by atoms with E-state index >= 15 is 0 Å². The maximum absolute atomic E-state index is 10.3. The van der Waals surface area contributed by atoms with Gasteiger partial charge < -0.3 is 10.8 Å². The number of aliphatic hydroxyl groups excluding tert-OH is 1. The molecule has 3 N–H and O–H groups in total. The lowest BCUT2D eigenvalue weighted by molar-refractivity contribution is 0.168. The Hall–Kier alpha value is -2.62. The summed E-state index contributed by atoms with van der Waals surface area (Å²) >= 11 is 3.41. The number of rotatable bonds is 2. The van der Waals surface area contributed by atoms with E-state index in [0.717, 1.165) is 21.2 Å². The minimum atomic E-state index is -0.550. The van der Waals surface area contributed by atoms with Crippen LogP contribution >= 0.6 is 15.9 Å². The van der Waals surface area contributed by atoms with E-state index in [-0.39, 0.29) is 6.04 Å². The summed E-state index contributed by atoms with van der Waals surface area (Å²) < 4.78 is 2.63. The minimum Gasteiger partial charge on any atom is -0.388 e. The van der Waals surface area contributed by atoms with Crippen LogP contribution in [0.5, 0.6) is 0 Å². The van der Waals surface area contributed by atoms with Crippen molar-refractivity contribution >= 4 is 21.7 Å². The SMILES string of the molecule is N#Cc1c(-c2ccc(Br)cc2)nn(C2CC(O)c3ccccc32)c1N. The third-order valence-corrected chi connectivity index (χ3v) is 5.16. The summed E-state index contributed by atoms with van der Waals surface area (Å²) in [6.45, 7) is 0. The number of hydrogen-bond donors (Lipinski definition) is 2. The zero-order chi connectivity index (χ0) is 17.6. The smallest absolute Gasteiger partial charge is 0.141 e. The van der Waals surface area contributed by atoms with Crippen LogP contribution in [0, 0.1) is 11.3 Å². The van der Waals surface area contributed by atoms with Crippen molar-refractivity contribution in [1.82, 2.24) is 9.78 Å². The molecule has 0 bridgehead atoms. The molecule has 1 heterocycles. The highest BCUT2D eigenvalue weighted by atomic mass is 79.9. The van der Waals surface area contributed by atoms with Crippen LogP contribution < -0.4 is 5.73 Å². The number of nitrogens with two attached hydrogens (primary N) is 1. The molecule has 0 spiro atoms. The van der Waals surface area contributed by atoms with Crippen LogP contribution in [0.25, 0.3) is 11.3 Å². The molecule has 124 valence electrons. The van der Waals surface area contributed by atoms with E-state index in [1.54, 1.807) is 4.68 Å². The van der Waals surface area contributed by atoms with Gasteiger partial charge in [-0.3, -0.25) is 0 Å². The quantitative estimate of drug-likeness (QED) is 0.691. The minimum absolute atomic E-state index is 0.178. The summed E-state index contributed by atoms with van der Waals surface area (Å²) in [6.07, 6.45) is -0.0537. The lowest BCUT2D eigenvalue weighted by Crippen LogP contribution is -2.12. The van der Waals surface area contributed by atoms with Crippen molar-refractivity contribution in [2.24, 2.45) is 0 Å². The van der Waals surface area contributed by atoms with Crippen molar-refractivity contribution in [1.29, 1.82) is 5.26 Å². The molecular weight excluding hydrogens is 380 g/mol. The summed E-state index contributed by atoms with van der Waals surface area (Å²) in [7, 11) is 0. The first-order chi connectivity index (χ1) is 12.1. The van der Waals surface area contributed by atoms with Crippen LogP contribution in [0.4, 0.5) is 5.82 Å². The molecule has 6 heteroatoms. The van der Waals surface area contributed by atoms with Gasteiger partial charge in [-0.25, -0.2) is 4.68 Å². The Morgan fingerprint density at radius 1 is 1.16 bits per heavy atom. The van der Waals surface area contributed by atoms with E-state index in [2.05, 4.69) is 27.1 Å². The largest absolute Gasteiger partial charge is 0.388 e. The molecule has 1 aromatic heterocycles. The Kier molecular flexibility index (Phi) is 3.83. The highest BCUT2D eigenvalue weighted by Gasteiger charge is 2.33. The molecule has 0 saturated carbocycles. The van der Waals surface area contributed by atoms with E-state index in [4.69, 9.17) is 5.73 Å². The van der Waals surface area contributed by atoms with Gasteiger partial charge in [0.1, 0.15) is 23.1 Å². The third kappa shape index (κ3) is 2.53. The number of benzene rings is 2. The number of nitrogens with zero attached hydrogens (tertiary/aromatic N) is 3. The Morgan fingerprint density at radius 2 is 1.84 bits per heavy atom. The molecule has 0 fully saturated rings. The maximum atomic E-state index is 10.3. The zero-order valence-corrected chi connectivity index (χ0v) is 14.8. The second kappa shape index (κ2) is 6.03. The molecule has 3 aromatic rings. The van der Waals surface area contributed by atoms with E-state index in [0.29, 0.717) is 23.5 Å². The second-order valence-electron chi connectivity index (χ2n) is 6.07. The zero-order valence-electron chi connectivity index (χ0n) is 13.2. The molecule has 2 atom stereocenters. The standard InChI is InChI=1S/C19H15BrN4O/c20-12-7-5-11(6-8-12)18-15(10-21)19(22)24(23-18)16-9-17(25)14-4-2-1-3-13(14)16/h1-8,16-17,25H,9,22H2. The fourth-order valence-corrected chi connectivity index (χ4v) is 3.68. The molecule has 1 aliphatic rings. The van der Waals surface area contributed by atoms with Crippen LogP contribution in [0.3, 0.4) is 0 Å². The maximum Gasteiger partial charge on any atom is 0.141 e. The van der Waals surface area contributed by atoms with Gasteiger partial charge in [0, 0.05) is 16.5 Å². The average molecular weight is 395 g/mol. The molecule has 2 aromatic carbocycles. The number of nitrogen functional groups attached to an aromatic ring is 1. The van der Waals surface area contributed by atoms with E-state index in [1.165, 1.54) is 0 Å². The number of fused-ring (bicyclic) bond motifs is 1. The van der Waals surface area contributed by atoms with Crippen molar-refractivity contribution in [3.63, 3.8) is 0 Å². The van der Waals surface area contributed by atoms with E-state index in [9.17, 15) is 10.4 Å². The Labute approximate surface area is 153 Å². The van der Waals surface area contributed by atoms with Crippen LogP contribution in [-0.2, 0) is 0 Å². The lowest BCUT2D eigenvalue weighted by Gasteiger charge is -2.13. The van der Waals surface area contributed by atoms with Crippen LogP contribution in [0.15, 0.2) is 53.0 Å².